The summed E-state index contributed by atoms with van der Waals surface area (Å²) in [6, 6.07) is 2.03. The van der Waals surface area contributed by atoms with Gasteiger partial charge in [0.25, 0.3) is 0 Å². The molecule has 5 heteroatoms. The van der Waals surface area contributed by atoms with E-state index in [-0.39, 0.29) is 11.1 Å². The fourth-order valence-corrected chi connectivity index (χ4v) is 1.45. The number of hydrogen-bond donors (Lipinski definition) is 1. The zero-order valence-electron chi connectivity index (χ0n) is 9.46. The van der Waals surface area contributed by atoms with Crippen molar-refractivity contribution in [3.8, 4) is 0 Å². The molecule has 3 nitrogen and oxygen atoms in total. The van der Waals surface area contributed by atoms with Gasteiger partial charge in [-0.25, -0.2) is 8.78 Å². The van der Waals surface area contributed by atoms with E-state index in [9.17, 15) is 8.78 Å². The van der Waals surface area contributed by atoms with Crippen molar-refractivity contribution in [2.45, 2.75) is 19.3 Å². The molecule has 0 spiro atoms. The molecule has 0 bridgehead atoms. The summed E-state index contributed by atoms with van der Waals surface area (Å²) in [6.07, 6.45) is -0.809. The van der Waals surface area contributed by atoms with Gasteiger partial charge >= 0.3 is 0 Å². The van der Waals surface area contributed by atoms with Crippen LogP contribution in [0.15, 0.2) is 12.1 Å². The largest absolute Gasteiger partial charge is 0.354 e. The predicted octanol–water partition coefficient (Wildman–Crippen LogP) is 1.89. The average molecular weight is 231 g/mol. The second-order valence-electron chi connectivity index (χ2n) is 3.47. The molecule has 0 fully saturated rings. The summed E-state index contributed by atoms with van der Waals surface area (Å²) in [4.78, 5) is 0. The van der Waals surface area contributed by atoms with Crippen LogP contribution in [0.5, 0.6) is 0 Å². The SMILES string of the molecule is COC(OC)C(N)c1ccc(C)c(F)c1F. The third-order valence-corrected chi connectivity index (χ3v) is 2.42. The van der Waals surface area contributed by atoms with Gasteiger partial charge in [-0.1, -0.05) is 12.1 Å². The molecule has 1 unspecified atom stereocenters. The second kappa shape index (κ2) is 5.34. The van der Waals surface area contributed by atoms with Crippen LogP contribution < -0.4 is 5.73 Å². The summed E-state index contributed by atoms with van der Waals surface area (Å²) in [6.45, 7) is 1.48. The van der Waals surface area contributed by atoms with Crippen molar-refractivity contribution in [3.05, 3.63) is 34.9 Å². The third kappa shape index (κ3) is 2.37. The van der Waals surface area contributed by atoms with Gasteiger partial charge in [-0.3, -0.25) is 0 Å². The number of aryl methyl sites for hydroxylation is 1. The number of benzene rings is 1. The number of rotatable bonds is 4. The third-order valence-electron chi connectivity index (χ3n) is 2.42. The molecule has 1 aromatic carbocycles. The molecule has 0 aromatic heterocycles. The number of methoxy groups -OCH3 is 2. The van der Waals surface area contributed by atoms with Crippen molar-refractivity contribution in [2.75, 3.05) is 14.2 Å². The van der Waals surface area contributed by atoms with Crippen LogP contribution in [-0.4, -0.2) is 20.5 Å². The topological polar surface area (TPSA) is 44.5 Å². The maximum Gasteiger partial charge on any atom is 0.176 e. The lowest BCUT2D eigenvalue weighted by Gasteiger charge is -2.22. The summed E-state index contributed by atoms with van der Waals surface area (Å²) < 4.78 is 36.7. The molecule has 1 aromatic rings. The molecule has 1 atom stereocenters. The Bertz CT molecular complexity index is 367. The molecule has 0 aliphatic heterocycles. The second-order valence-corrected chi connectivity index (χ2v) is 3.47. The zero-order valence-corrected chi connectivity index (χ0v) is 9.46. The first-order valence-corrected chi connectivity index (χ1v) is 4.78. The van der Waals surface area contributed by atoms with Crippen molar-refractivity contribution in [2.24, 2.45) is 5.73 Å². The van der Waals surface area contributed by atoms with Crippen LogP contribution in [0.3, 0.4) is 0 Å². The molecule has 0 aliphatic carbocycles. The smallest absolute Gasteiger partial charge is 0.176 e. The van der Waals surface area contributed by atoms with E-state index < -0.39 is 24.0 Å². The zero-order chi connectivity index (χ0) is 12.3. The standard InChI is InChI=1S/C11H15F2NO2/c1-6-4-5-7(9(13)8(6)12)10(14)11(15-2)16-3/h4-5,10-11H,14H2,1-3H3. The summed E-state index contributed by atoms with van der Waals surface area (Å²) >= 11 is 0. The summed E-state index contributed by atoms with van der Waals surface area (Å²) in [5, 5.41) is 0. The van der Waals surface area contributed by atoms with Gasteiger partial charge in [-0.15, -0.1) is 0 Å². The monoisotopic (exact) mass is 231 g/mol. The Morgan fingerprint density at radius 1 is 1.12 bits per heavy atom. The van der Waals surface area contributed by atoms with Gasteiger partial charge in [-0.2, -0.15) is 0 Å². The summed E-state index contributed by atoms with van der Waals surface area (Å²) in [5.74, 6) is -1.84. The van der Waals surface area contributed by atoms with Gasteiger partial charge in [0, 0.05) is 19.8 Å². The number of ether oxygens (including phenoxy) is 2. The molecule has 90 valence electrons. The van der Waals surface area contributed by atoms with Gasteiger partial charge in [0.2, 0.25) is 0 Å². The minimum atomic E-state index is -0.952. The first-order chi connectivity index (χ1) is 7.52. The molecule has 0 saturated heterocycles. The Hall–Kier alpha value is -1.04. The van der Waals surface area contributed by atoms with Crippen LogP contribution in [-0.2, 0) is 9.47 Å². The molecule has 0 aliphatic rings. The Kier molecular flexibility index (Phi) is 4.35. The van der Waals surface area contributed by atoms with E-state index in [0.29, 0.717) is 0 Å². The molecule has 16 heavy (non-hydrogen) atoms. The van der Waals surface area contributed by atoms with E-state index in [1.165, 1.54) is 33.3 Å². The number of nitrogens with two attached hydrogens (primary N) is 1. The van der Waals surface area contributed by atoms with E-state index in [0.717, 1.165) is 0 Å². The number of halogens is 2. The van der Waals surface area contributed by atoms with Crippen molar-refractivity contribution < 1.29 is 18.3 Å². The van der Waals surface area contributed by atoms with Gasteiger partial charge < -0.3 is 15.2 Å². The summed E-state index contributed by atoms with van der Waals surface area (Å²) in [5.41, 5.74) is 6.00. The molecular weight excluding hydrogens is 216 g/mol. The first kappa shape index (κ1) is 13.0. The molecule has 0 heterocycles. The Morgan fingerprint density at radius 3 is 2.19 bits per heavy atom. The lowest BCUT2D eigenvalue weighted by molar-refractivity contribution is -0.117. The Balaban J connectivity index is 3.09. The average Bonchev–Trinajstić information content (AvgIpc) is 2.27. The van der Waals surface area contributed by atoms with Crippen molar-refractivity contribution in [3.63, 3.8) is 0 Å². The molecule has 0 amide bonds. The van der Waals surface area contributed by atoms with Crippen LogP contribution in [0, 0.1) is 18.6 Å². The van der Waals surface area contributed by atoms with Gasteiger partial charge in [-0.05, 0) is 12.5 Å². The lowest BCUT2D eigenvalue weighted by atomic mass is 10.0. The van der Waals surface area contributed by atoms with Gasteiger partial charge in [0.15, 0.2) is 17.9 Å². The highest BCUT2D eigenvalue weighted by molar-refractivity contribution is 5.28. The summed E-state index contributed by atoms with van der Waals surface area (Å²) in [7, 11) is 2.77. The highest BCUT2D eigenvalue weighted by Gasteiger charge is 2.23. The normalized spacial score (nSPS) is 13.2. The predicted molar refractivity (Wildman–Crippen MR) is 55.8 cm³/mol. The molecule has 0 saturated carbocycles. The minimum Gasteiger partial charge on any atom is -0.354 e. The highest BCUT2D eigenvalue weighted by Crippen LogP contribution is 2.23. The first-order valence-electron chi connectivity index (χ1n) is 4.78. The molecule has 2 N–H and O–H groups in total. The van der Waals surface area contributed by atoms with Crippen LogP contribution in [0.25, 0.3) is 0 Å². The van der Waals surface area contributed by atoms with Crippen molar-refractivity contribution in [1.29, 1.82) is 0 Å². The van der Waals surface area contributed by atoms with E-state index >= 15 is 0 Å². The maximum atomic E-state index is 13.6. The molecular formula is C11H15F2NO2. The number of hydrogen-bond acceptors (Lipinski definition) is 3. The van der Waals surface area contributed by atoms with Crippen molar-refractivity contribution in [1.82, 2.24) is 0 Å². The van der Waals surface area contributed by atoms with E-state index in [1.54, 1.807) is 0 Å². The van der Waals surface area contributed by atoms with Gasteiger partial charge in [0.1, 0.15) is 0 Å². The van der Waals surface area contributed by atoms with E-state index in [2.05, 4.69) is 0 Å². The highest BCUT2D eigenvalue weighted by atomic mass is 19.2. The fourth-order valence-electron chi connectivity index (χ4n) is 1.45. The van der Waals surface area contributed by atoms with Crippen LogP contribution in [0.4, 0.5) is 8.78 Å². The van der Waals surface area contributed by atoms with Crippen molar-refractivity contribution >= 4 is 0 Å². The Morgan fingerprint density at radius 2 is 1.69 bits per heavy atom. The lowest BCUT2D eigenvalue weighted by Crippen LogP contribution is -2.30. The fraction of sp³-hybridized carbons (Fsp3) is 0.455. The van der Waals surface area contributed by atoms with Gasteiger partial charge in [0.05, 0.1) is 6.04 Å². The molecule has 1 rings (SSSR count). The molecule has 0 radical (unpaired) electrons. The van der Waals surface area contributed by atoms with E-state index in [4.69, 9.17) is 15.2 Å². The quantitative estimate of drug-likeness (QED) is 0.805. The van der Waals surface area contributed by atoms with E-state index in [1.807, 2.05) is 0 Å². The van der Waals surface area contributed by atoms with Crippen LogP contribution in [0.1, 0.15) is 17.2 Å². The maximum absolute atomic E-state index is 13.6. The minimum absolute atomic E-state index is 0.0387. The van der Waals surface area contributed by atoms with Crippen LogP contribution >= 0.6 is 0 Å². The van der Waals surface area contributed by atoms with Crippen LogP contribution in [0.2, 0.25) is 0 Å². The Labute approximate surface area is 93.2 Å².